The molecule has 67 heavy (non-hydrogen) atoms. The van der Waals surface area contributed by atoms with Crippen molar-refractivity contribution in [1.82, 2.24) is 4.90 Å². The summed E-state index contributed by atoms with van der Waals surface area (Å²) in [5.41, 5.74) is 0. The lowest BCUT2D eigenvalue weighted by molar-refractivity contribution is -0.177. The first kappa shape index (κ1) is 61.4. The predicted octanol–water partition coefficient (Wildman–Crippen LogP) is 14.4. The standard InChI is InChI=1S/C41H75NO7.C16H32O2/c1-4-6-7-12-18-35-31-36(21-20-34(35)17-5-2)41(45)47-28-16-11-10-15-26-42(27-24-33-29-37(43)30-33)25-14-9-8-13-19-39(44)49-40-23-22-38(48-40)32-46-3;1-3-5-7-9-10-12-14-15(16(17)18)13-11-8-6-4-2/h33-38,40,43H,4-32H2,1-3H3;15H,3-14H2,1-2H3,(H,17,18). The Morgan fingerprint density at radius 2 is 1.21 bits per heavy atom. The summed E-state index contributed by atoms with van der Waals surface area (Å²) in [4.78, 5) is 38.9. The zero-order valence-electron chi connectivity index (χ0n) is 44.3. The molecule has 2 aliphatic carbocycles. The first-order valence-electron chi connectivity index (χ1n) is 28.8. The van der Waals surface area contributed by atoms with Crippen LogP contribution >= 0.6 is 0 Å². The molecule has 3 rings (SSSR count). The van der Waals surface area contributed by atoms with Crippen LogP contribution in [0.5, 0.6) is 0 Å². The van der Waals surface area contributed by atoms with Crippen molar-refractivity contribution in [3.63, 3.8) is 0 Å². The van der Waals surface area contributed by atoms with Crippen molar-refractivity contribution in [3.05, 3.63) is 0 Å². The molecule has 0 aromatic carbocycles. The third-order valence-electron chi connectivity index (χ3n) is 15.2. The van der Waals surface area contributed by atoms with E-state index in [2.05, 4.69) is 32.6 Å². The molecule has 0 bridgehead atoms. The molecule has 10 nitrogen and oxygen atoms in total. The van der Waals surface area contributed by atoms with Gasteiger partial charge >= 0.3 is 17.9 Å². The number of carbonyl (C=O) groups is 3. The van der Waals surface area contributed by atoms with Gasteiger partial charge in [0.25, 0.3) is 0 Å². The van der Waals surface area contributed by atoms with Crippen molar-refractivity contribution in [2.24, 2.45) is 29.6 Å². The normalized spacial score (nSPS) is 23.1. The summed E-state index contributed by atoms with van der Waals surface area (Å²) < 4.78 is 22.2. The van der Waals surface area contributed by atoms with Gasteiger partial charge in [0.1, 0.15) is 0 Å². The maximum Gasteiger partial charge on any atom is 0.308 e. The molecule has 2 N–H and O–H groups in total. The molecule has 2 saturated carbocycles. The maximum atomic E-state index is 13.0. The second kappa shape index (κ2) is 40.9. The molecule has 1 aliphatic heterocycles. The van der Waals surface area contributed by atoms with Crippen LogP contribution < -0.4 is 0 Å². The van der Waals surface area contributed by atoms with E-state index in [9.17, 15) is 24.6 Å². The monoisotopic (exact) mass is 950 g/mol. The Morgan fingerprint density at radius 1 is 0.612 bits per heavy atom. The summed E-state index contributed by atoms with van der Waals surface area (Å²) in [6.07, 6.45) is 39.6. The molecule has 0 amide bonds. The SMILES string of the molecule is CCCCCCC1CC(C(=O)OCCCCCCN(CCCCCCC(=O)OC2CCC(COC)O2)CCC2CC(O)C2)CCC1CCC.CCCCCCCCC(CCCCCC)C(=O)O. The minimum absolute atomic E-state index is 0.0349. The number of carboxylic acid groups (broad SMARTS) is 1. The van der Waals surface area contributed by atoms with Crippen LogP contribution in [-0.2, 0) is 33.3 Å². The second-order valence-electron chi connectivity index (χ2n) is 21.2. The zero-order valence-corrected chi connectivity index (χ0v) is 44.3. The summed E-state index contributed by atoms with van der Waals surface area (Å²) in [5.74, 6) is 1.53. The lowest BCUT2D eigenvalue weighted by atomic mass is 9.70. The highest BCUT2D eigenvalue weighted by Crippen LogP contribution is 2.40. The average molecular weight is 950 g/mol. The molecule has 0 radical (unpaired) electrons. The molecule has 3 aliphatic rings. The van der Waals surface area contributed by atoms with E-state index in [4.69, 9.17) is 18.9 Å². The Morgan fingerprint density at radius 3 is 1.84 bits per heavy atom. The fourth-order valence-corrected chi connectivity index (χ4v) is 10.8. The number of carboxylic acids is 1. The van der Waals surface area contributed by atoms with E-state index >= 15 is 0 Å². The predicted molar refractivity (Wildman–Crippen MR) is 274 cm³/mol. The third kappa shape index (κ3) is 30.6. The lowest BCUT2D eigenvalue weighted by Gasteiger charge is -2.35. The van der Waals surface area contributed by atoms with E-state index in [0.29, 0.717) is 31.5 Å². The summed E-state index contributed by atoms with van der Waals surface area (Å²) in [5, 5.41) is 18.9. The van der Waals surface area contributed by atoms with Crippen LogP contribution in [0.25, 0.3) is 0 Å². The maximum absolute atomic E-state index is 13.0. The van der Waals surface area contributed by atoms with E-state index in [0.717, 1.165) is 135 Å². The van der Waals surface area contributed by atoms with E-state index < -0.39 is 12.3 Å². The van der Waals surface area contributed by atoms with Gasteiger partial charge < -0.3 is 34.1 Å². The van der Waals surface area contributed by atoms with Gasteiger partial charge in [0.05, 0.1) is 37.3 Å². The van der Waals surface area contributed by atoms with Crippen molar-refractivity contribution in [2.75, 3.05) is 40.0 Å². The van der Waals surface area contributed by atoms with Gasteiger partial charge in [-0.25, -0.2) is 0 Å². The van der Waals surface area contributed by atoms with Gasteiger partial charge in [0.2, 0.25) is 6.29 Å². The quantitative estimate of drug-likeness (QED) is 0.0451. The van der Waals surface area contributed by atoms with E-state index in [-0.39, 0.29) is 36.0 Å². The number of ether oxygens (including phenoxy) is 4. The van der Waals surface area contributed by atoms with Crippen LogP contribution in [0.1, 0.15) is 259 Å². The first-order valence-corrected chi connectivity index (χ1v) is 28.8. The van der Waals surface area contributed by atoms with Gasteiger partial charge in [-0.2, -0.15) is 0 Å². The van der Waals surface area contributed by atoms with Crippen LogP contribution in [-0.4, -0.2) is 91.5 Å². The largest absolute Gasteiger partial charge is 0.481 e. The van der Waals surface area contributed by atoms with E-state index in [1.54, 1.807) is 7.11 Å². The molecular weight excluding hydrogens is 843 g/mol. The molecule has 0 aromatic rings. The second-order valence-corrected chi connectivity index (χ2v) is 21.2. The molecule has 10 heteroatoms. The van der Waals surface area contributed by atoms with Crippen LogP contribution in [0.2, 0.25) is 0 Å². The van der Waals surface area contributed by atoms with Gasteiger partial charge in [-0.3, -0.25) is 14.4 Å². The summed E-state index contributed by atoms with van der Waals surface area (Å²) in [6, 6.07) is 0. The summed E-state index contributed by atoms with van der Waals surface area (Å²) in [7, 11) is 1.66. The van der Waals surface area contributed by atoms with Crippen LogP contribution in [0.15, 0.2) is 0 Å². The average Bonchev–Trinajstić information content (AvgIpc) is 3.75. The molecule has 3 fully saturated rings. The highest BCUT2D eigenvalue weighted by molar-refractivity contribution is 5.72. The summed E-state index contributed by atoms with van der Waals surface area (Å²) in [6.45, 7) is 13.4. The number of aliphatic hydroxyl groups is 1. The fourth-order valence-electron chi connectivity index (χ4n) is 10.8. The number of nitrogens with zero attached hydrogens (tertiary/aromatic N) is 1. The van der Waals surface area contributed by atoms with E-state index in [1.165, 1.54) is 116 Å². The van der Waals surface area contributed by atoms with Gasteiger partial charge in [0, 0.05) is 20.0 Å². The molecule has 6 atom stereocenters. The Labute approximate surface area is 411 Å². The van der Waals surface area contributed by atoms with Crippen LogP contribution in [0, 0.1) is 29.6 Å². The Hall–Kier alpha value is -1.75. The van der Waals surface area contributed by atoms with Crippen molar-refractivity contribution in [2.45, 2.75) is 277 Å². The molecule has 394 valence electrons. The Bertz CT molecular complexity index is 1200. The number of hydrogen-bond acceptors (Lipinski definition) is 9. The molecule has 6 unspecified atom stereocenters. The van der Waals surface area contributed by atoms with E-state index in [1.807, 2.05) is 0 Å². The molecule has 0 spiro atoms. The smallest absolute Gasteiger partial charge is 0.308 e. The van der Waals surface area contributed by atoms with Gasteiger partial charge in [-0.15, -0.1) is 0 Å². The minimum Gasteiger partial charge on any atom is -0.481 e. The third-order valence-corrected chi connectivity index (χ3v) is 15.2. The Balaban J connectivity index is 0.000000721. The molecule has 1 heterocycles. The molecule has 1 saturated heterocycles. The zero-order chi connectivity index (χ0) is 48.7. The van der Waals surface area contributed by atoms with Gasteiger partial charge in [0.15, 0.2) is 0 Å². The first-order chi connectivity index (χ1) is 32.6. The van der Waals surface area contributed by atoms with Crippen LogP contribution in [0.3, 0.4) is 0 Å². The molecular formula is C57H107NO9. The number of carbonyl (C=O) groups excluding carboxylic acids is 2. The van der Waals surface area contributed by atoms with Crippen molar-refractivity contribution >= 4 is 17.9 Å². The van der Waals surface area contributed by atoms with Crippen LogP contribution in [0.4, 0.5) is 0 Å². The molecule has 0 aromatic heterocycles. The van der Waals surface area contributed by atoms with Crippen molar-refractivity contribution < 1.29 is 43.5 Å². The highest BCUT2D eigenvalue weighted by atomic mass is 16.7. The summed E-state index contributed by atoms with van der Waals surface area (Å²) >= 11 is 0. The van der Waals surface area contributed by atoms with Crippen molar-refractivity contribution in [1.29, 1.82) is 0 Å². The number of aliphatic carboxylic acids is 1. The number of unbranched alkanes of at least 4 members (excludes halogenated alkanes) is 17. The number of rotatable bonds is 41. The number of hydrogen-bond donors (Lipinski definition) is 2. The Kier molecular flexibility index (Phi) is 37.5. The fraction of sp³-hybridized carbons (Fsp3) is 0.947. The lowest BCUT2D eigenvalue weighted by Crippen LogP contribution is -2.34. The van der Waals surface area contributed by atoms with Gasteiger partial charge in [-0.1, -0.05) is 163 Å². The highest BCUT2D eigenvalue weighted by Gasteiger charge is 2.34. The topological polar surface area (TPSA) is 132 Å². The number of aliphatic hydroxyl groups excluding tert-OH is 1. The van der Waals surface area contributed by atoms with Crippen molar-refractivity contribution in [3.8, 4) is 0 Å². The minimum atomic E-state index is -0.583. The number of esters is 2. The van der Waals surface area contributed by atoms with Gasteiger partial charge in [-0.05, 0) is 121 Å². The number of methoxy groups -OCH3 is 1.